The molecule has 120 valence electrons. The molecule has 22 heavy (non-hydrogen) atoms. The Hall–Kier alpha value is -1.40. The molecule has 3 N–H and O–H groups in total. The van der Waals surface area contributed by atoms with E-state index in [0.29, 0.717) is 23.0 Å². The quantitative estimate of drug-likeness (QED) is 0.890. The monoisotopic (exact) mass is 321 g/mol. The molecule has 0 spiro atoms. The highest BCUT2D eigenvalue weighted by atomic mass is 32.1. The van der Waals surface area contributed by atoms with E-state index in [1.807, 2.05) is 0 Å². The zero-order valence-corrected chi connectivity index (χ0v) is 13.8. The number of likely N-dealkylation sites (tertiary alicyclic amines) is 1. The van der Waals surface area contributed by atoms with Gasteiger partial charge in [0.1, 0.15) is 5.00 Å². The minimum Gasteiger partial charge on any atom is -0.365 e. The lowest BCUT2D eigenvalue weighted by Gasteiger charge is -2.18. The van der Waals surface area contributed by atoms with Gasteiger partial charge in [-0.25, -0.2) is 0 Å². The second-order valence-electron chi connectivity index (χ2n) is 6.45. The van der Waals surface area contributed by atoms with Crippen molar-refractivity contribution in [2.75, 3.05) is 25.0 Å². The highest BCUT2D eigenvalue weighted by Crippen LogP contribution is 2.39. The van der Waals surface area contributed by atoms with E-state index in [9.17, 15) is 9.59 Å². The number of carbonyl (C=O) groups excluding carboxylic acids is 2. The predicted octanol–water partition coefficient (Wildman–Crippen LogP) is 2.01. The number of hydrogen-bond donors (Lipinski definition) is 2. The average molecular weight is 321 g/mol. The number of anilines is 1. The number of amides is 2. The van der Waals surface area contributed by atoms with E-state index in [-0.39, 0.29) is 5.91 Å². The first-order valence-electron chi connectivity index (χ1n) is 8.01. The molecule has 2 aliphatic rings. The number of hydrogen-bond acceptors (Lipinski definition) is 4. The summed E-state index contributed by atoms with van der Waals surface area (Å²) in [5.41, 5.74) is 7.17. The molecule has 5 nitrogen and oxygen atoms in total. The van der Waals surface area contributed by atoms with Gasteiger partial charge in [-0.15, -0.1) is 11.3 Å². The fourth-order valence-electron chi connectivity index (χ4n) is 3.41. The van der Waals surface area contributed by atoms with Crippen molar-refractivity contribution >= 4 is 28.2 Å². The molecule has 0 aromatic carbocycles. The van der Waals surface area contributed by atoms with Crippen LogP contribution in [0.5, 0.6) is 0 Å². The molecule has 0 bridgehead atoms. The number of nitrogens with one attached hydrogen (secondary N) is 1. The number of nitrogens with zero attached hydrogens (tertiary/aromatic N) is 1. The number of primary amides is 1. The van der Waals surface area contributed by atoms with Crippen molar-refractivity contribution < 1.29 is 9.59 Å². The molecule has 1 aliphatic heterocycles. The lowest BCUT2D eigenvalue weighted by atomic mass is 9.88. The van der Waals surface area contributed by atoms with Crippen LogP contribution < -0.4 is 11.1 Å². The van der Waals surface area contributed by atoms with Crippen molar-refractivity contribution in [1.29, 1.82) is 0 Å². The molecule has 0 radical (unpaired) electrons. The summed E-state index contributed by atoms with van der Waals surface area (Å²) < 4.78 is 0. The standard InChI is InChI=1S/C16H23N3O2S/c1-10-4-5-11-12(8-10)22-16(14(11)15(17)21)18-13(20)9-19-6-2-3-7-19/h10H,2-9H2,1H3,(H2,17,21)(H,18,20)/t10-/m0/s1. The maximum Gasteiger partial charge on any atom is 0.251 e. The Morgan fingerprint density at radius 1 is 1.36 bits per heavy atom. The van der Waals surface area contributed by atoms with E-state index in [2.05, 4.69) is 17.1 Å². The smallest absolute Gasteiger partial charge is 0.251 e. The van der Waals surface area contributed by atoms with Crippen LogP contribution in [-0.2, 0) is 17.6 Å². The largest absolute Gasteiger partial charge is 0.365 e. The fraction of sp³-hybridized carbons (Fsp3) is 0.625. The number of fused-ring (bicyclic) bond motifs is 1. The van der Waals surface area contributed by atoms with E-state index >= 15 is 0 Å². The zero-order valence-electron chi connectivity index (χ0n) is 13.0. The molecule has 2 heterocycles. The van der Waals surface area contributed by atoms with Crippen LogP contribution in [-0.4, -0.2) is 36.3 Å². The van der Waals surface area contributed by atoms with Gasteiger partial charge in [0.15, 0.2) is 0 Å². The van der Waals surface area contributed by atoms with Crippen molar-refractivity contribution in [3.63, 3.8) is 0 Å². The van der Waals surface area contributed by atoms with Crippen LogP contribution in [0.15, 0.2) is 0 Å². The summed E-state index contributed by atoms with van der Waals surface area (Å²) in [6.45, 7) is 4.58. The molecule has 3 rings (SSSR count). The summed E-state index contributed by atoms with van der Waals surface area (Å²) in [4.78, 5) is 27.4. The van der Waals surface area contributed by atoms with Crippen LogP contribution in [0, 0.1) is 5.92 Å². The Morgan fingerprint density at radius 2 is 2.09 bits per heavy atom. The normalized spacial score (nSPS) is 21.6. The maximum atomic E-state index is 12.2. The Bertz CT molecular complexity index is 590. The highest BCUT2D eigenvalue weighted by Gasteiger charge is 2.27. The van der Waals surface area contributed by atoms with Crippen molar-refractivity contribution in [3.05, 3.63) is 16.0 Å². The first-order valence-corrected chi connectivity index (χ1v) is 8.82. The molecular formula is C16H23N3O2S. The first-order chi connectivity index (χ1) is 10.5. The van der Waals surface area contributed by atoms with Gasteiger partial charge in [0.05, 0.1) is 12.1 Å². The topological polar surface area (TPSA) is 75.4 Å². The van der Waals surface area contributed by atoms with Crippen LogP contribution in [0.3, 0.4) is 0 Å². The van der Waals surface area contributed by atoms with Gasteiger partial charge in [-0.05, 0) is 56.7 Å². The third kappa shape index (κ3) is 3.17. The zero-order chi connectivity index (χ0) is 15.7. The second-order valence-corrected chi connectivity index (χ2v) is 7.56. The van der Waals surface area contributed by atoms with E-state index in [4.69, 9.17) is 5.73 Å². The summed E-state index contributed by atoms with van der Waals surface area (Å²) in [6, 6.07) is 0. The van der Waals surface area contributed by atoms with Crippen molar-refractivity contribution in [2.45, 2.75) is 39.0 Å². The highest BCUT2D eigenvalue weighted by molar-refractivity contribution is 7.17. The second kappa shape index (κ2) is 6.38. The minimum atomic E-state index is -0.427. The molecule has 0 unspecified atom stereocenters. The number of nitrogens with two attached hydrogens (primary N) is 1. The van der Waals surface area contributed by atoms with Crippen LogP contribution >= 0.6 is 11.3 Å². The molecule has 1 aromatic heterocycles. The van der Waals surface area contributed by atoms with Gasteiger partial charge in [-0.3, -0.25) is 14.5 Å². The van der Waals surface area contributed by atoms with Crippen LogP contribution in [0.2, 0.25) is 0 Å². The summed E-state index contributed by atoms with van der Waals surface area (Å²) in [6.07, 6.45) is 5.25. The Morgan fingerprint density at radius 3 is 2.77 bits per heavy atom. The molecule has 1 fully saturated rings. The lowest BCUT2D eigenvalue weighted by molar-refractivity contribution is -0.117. The molecule has 1 saturated heterocycles. The van der Waals surface area contributed by atoms with Crippen molar-refractivity contribution in [1.82, 2.24) is 4.90 Å². The summed E-state index contributed by atoms with van der Waals surface area (Å²) in [7, 11) is 0. The molecule has 1 aromatic rings. The SMILES string of the molecule is C[C@H]1CCc2c(sc(NC(=O)CN3CCCC3)c2C(N)=O)C1. The lowest BCUT2D eigenvalue weighted by Crippen LogP contribution is -2.31. The van der Waals surface area contributed by atoms with Crippen molar-refractivity contribution in [2.24, 2.45) is 11.7 Å². The van der Waals surface area contributed by atoms with E-state index < -0.39 is 5.91 Å². The third-order valence-electron chi connectivity index (χ3n) is 4.58. The molecular weight excluding hydrogens is 298 g/mol. The number of thiophene rings is 1. The molecule has 6 heteroatoms. The molecule has 2 amide bonds. The van der Waals surface area contributed by atoms with E-state index in [0.717, 1.165) is 50.8 Å². The molecule has 1 aliphatic carbocycles. The predicted molar refractivity (Wildman–Crippen MR) is 88.3 cm³/mol. The summed E-state index contributed by atoms with van der Waals surface area (Å²) in [5.74, 6) is 0.152. The molecule has 0 saturated carbocycles. The van der Waals surface area contributed by atoms with Gasteiger partial charge < -0.3 is 11.1 Å². The average Bonchev–Trinajstić information content (AvgIpc) is 3.04. The number of rotatable bonds is 4. The van der Waals surface area contributed by atoms with Crippen LogP contribution in [0.4, 0.5) is 5.00 Å². The van der Waals surface area contributed by atoms with Gasteiger partial charge in [0, 0.05) is 4.88 Å². The molecule has 1 atom stereocenters. The Balaban J connectivity index is 1.77. The van der Waals surface area contributed by atoms with Gasteiger partial charge in [-0.2, -0.15) is 0 Å². The minimum absolute atomic E-state index is 0.0453. The summed E-state index contributed by atoms with van der Waals surface area (Å²) >= 11 is 1.53. The van der Waals surface area contributed by atoms with Gasteiger partial charge >= 0.3 is 0 Å². The number of carbonyl (C=O) groups is 2. The summed E-state index contributed by atoms with van der Waals surface area (Å²) in [5, 5.41) is 3.58. The third-order valence-corrected chi connectivity index (χ3v) is 5.75. The van der Waals surface area contributed by atoms with Gasteiger partial charge in [0.2, 0.25) is 5.91 Å². The Kier molecular flexibility index (Phi) is 4.49. The Labute approximate surface area is 134 Å². The van der Waals surface area contributed by atoms with Gasteiger partial charge in [-0.1, -0.05) is 6.92 Å². The first kappa shape index (κ1) is 15.5. The maximum absolute atomic E-state index is 12.2. The van der Waals surface area contributed by atoms with Crippen molar-refractivity contribution in [3.8, 4) is 0 Å². The van der Waals surface area contributed by atoms with Crippen LogP contribution in [0.25, 0.3) is 0 Å². The van der Waals surface area contributed by atoms with Gasteiger partial charge in [0.25, 0.3) is 5.91 Å². The van der Waals surface area contributed by atoms with E-state index in [1.165, 1.54) is 16.2 Å². The van der Waals surface area contributed by atoms with Crippen LogP contribution in [0.1, 0.15) is 47.0 Å². The van der Waals surface area contributed by atoms with E-state index in [1.54, 1.807) is 0 Å². The fourth-order valence-corrected chi connectivity index (χ4v) is 4.84.